The Balaban J connectivity index is 1.95. The van der Waals surface area contributed by atoms with Crippen LogP contribution in [0.2, 0.25) is 0 Å². The lowest BCUT2D eigenvalue weighted by Gasteiger charge is -2.37. The minimum atomic E-state index is -0.973. The Labute approximate surface area is 123 Å². The quantitative estimate of drug-likeness (QED) is 0.895. The van der Waals surface area contributed by atoms with Gasteiger partial charge < -0.3 is 11.1 Å². The van der Waals surface area contributed by atoms with Crippen molar-refractivity contribution in [2.75, 3.05) is 18.4 Å². The summed E-state index contributed by atoms with van der Waals surface area (Å²) < 4.78 is 25.9. The molecule has 0 spiro atoms. The van der Waals surface area contributed by atoms with Gasteiger partial charge in [-0.2, -0.15) is 0 Å². The molecule has 1 aliphatic rings. The number of carbonyl (C=O) groups excluding carboxylic acids is 1. The molecule has 0 aliphatic carbocycles. The van der Waals surface area contributed by atoms with Gasteiger partial charge >= 0.3 is 0 Å². The number of hydrogen-bond donors (Lipinski definition) is 2. The highest BCUT2D eigenvalue weighted by Gasteiger charge is 2.26. The average Bonchev–Trinajstić information content (AvgIpc) is 2.43. The Bertz CT molecular complexity index is 508. The standard InChI is InChI=1S/C15H21F2N3O/c1-10(18)14-4-2-3-7-20(14)9-15(21)19-11-5-6-12(16)13(17)8-11/h5-6,8,10,14H,2-4,7,9,18H2,1H3,(H,19,21). The van der Waals surface area contributed by atoms with Crippen LogP contribution in [0.5, 0.6) is 0 Å². The number of rotatable bonds is 4. The predicted octanol–water partition coefficient (Wildman–Crippen LogP) is 2.10. The molecule has 1 fully saturated rings. The molecule has 1 aromatic rings. The smallest absolute Gasteiger partial charge is 0.238 e. The van der Waals surface area contributed by atoms with Gasteiger partial charge in [-0.1, -0.05) is 6.42 Å². The van der Waals surface area contributed by atoms with Crippen LogP contribution < -0.4 is 11.1 Å². The van der Waals surface area contributed by atoms with Crippen LogP contribution in [-0.2, 0) is 4.79 Å². The van der Waals surface area contributed by atoms with E-state index in [4.69, 9.17) is 5.73 Å². The molecular weight excluding hydrogens is 276 g/mol. The molecule has 0 radical (unpaired) electrons. The van der Waals surface area contributed by atoms with Crippen molar-refractivity contribution >= 4 is 11.6 Å². The first kappa shape index (κ1) is 15.9. The molecule has 1 aromatic carbocycles. The van der Waals surface area contributed by atoms with Crippen molar-refractivity contribution in [2.24, 2.45) is 5.73 Å². The van der Waals surface area contributed by atoms with Crippen LogP contribution in [-0.4, -0.2) is 36.0 Å². The maximum atomic E-state index is 13.1. The van der Waals surface area contributed by atoms with Crippen molar-refractivity contribution in [1.82, 2.24) is 4.90 Å². The van der Waals surface area contributed by atoms with Gasteiger partial charge in [0.15, 0.2) is 11.6 Å². The maximum absolute atomic E-state index is 13.1. The van der Waals surface area contributed by atoms with Crippen LogP contribution >= 0.6 is 0 Å². The summed E-state index contributed by atoms with van der Waals surface area (Å²) in [7, 11) is 0. The zero-order valence-corrected chi connectivity index (χ0v) is 12.1. The molecule has 6 heteroatoms. The van der Waals surface area contributed by atoms with E-state index in [0.717, 1.165) is 37.9 Å². The van der Waals surface area contributed by atoms with Crippen LogP contribution in [0.1, 0.15) is 26.2 Å². The van der Waals surface area contributed by atoms with Crippen molar-refractivity contribution in [3.05, 3.63) is 29.8 Å². The molecule has 2 atom stereocenters. The summed E-state index contributed by atoms with van der Waals surface area (Å²) >= 11 is 0. The van der Waals surface area contributed by atoms with Gasteiger partial charge in [0.25, 0.3) is 0 Å². The lowest BCUT2D eigenvalue weighted by atomic mass is 9.97. The fraction of sp³-hybridized carbons (Fsp3) is 0.533. The number of piperidine rings is 1. The van der Waals surface area contributed by atoms with Crippen molar-refractivity contribution in [1.29, 1.82) is 0 Å². The number of nitrogens with one attached hydrogen (secondary N) is 1. The van der Waals surface area contributed by atoms with E-state index in [1.807, 2.05) is 6.92 Å². The normalized spacial score (nSPS) is 21.0. The summed E-state index contributed by atoms with van der Waals surface area (Å²) in [4.78, 5) is 14.1. The van der Waals surface area contributed by atoms with Gasteiger partial charge in [0.2, 0.25) is 5.91 Å². The van der Waals surface area contributed by atoms with E-state index in [-0.39, 0.29) is 30.2 Å². The molecule has 21 heavy (non-hydrogen) atoms. The van der Waals surface area contributed by atoms with Crippen LogP contribution in [0, 0.1) is 11.6 Å². The minimum Gasteiger partial charge on any atom is -0.327 e. The third-order valence-corrected chi connectivity index (χ3v) is 3.82. The SMILES string of the molecule is CC(N)C1CCCCN1CC(=O)Nc1ccc(F)c(F)c1. The number of hydrogen-bond acceptors (Lipinski definition) is 3. The first-order valence-corrected chi connectivity index (χ1v) is 7.22. The Morgan fingerprint density at radius 2 is 2.19 bits per heavy atom. The summed E-state index contributed by atoms with van der Waals surface area (Å²) in [6.45, 7) is 2.98. The molecule has 0 bridgehead atoms. The molecule has 1 amide bonds. The highest BCUT2D eigenvalue weighted by atomic mass is 19.2. The third kappa shape index (κ3) is 4.22. The van der Waals surface area contributed by atoms with Crippen LogP contribution in [0.3, 0.4) is 0 Å². The average molecular weight is 297 g/mol. The van der Waals surface area contributed by atoms with Gasteiger partial charge in [-0.3, -0.25) is 9.69 Å². The molecule has 0 aromatic heterocycles. The lowest BCUT2D eigenvalue weighted by Crippen LogP contribution is -2.51. The zero-order valence-electron chi connectivity index (χ0n) is 12.1. The molecule has 2 unspecified atom stereocenters. The largest absolute Gasteiger partial charge is 0.327 e. The second-order valence-electron chi connectivity index (χ2n) is 5.57. The number of likely N-dealkylation sites (tertiary alicyclic amines) is 1. The van der Waals surface area contributed by atoms with Crippen LogP contribution in [0.15, 0.2) is 18.2 Å². The number of anilines is 1. The van der Waals surface area contributed by atoms with E-state index >= 15 is 0 Å². The third-order valence-electron chi connectivity index (χ3n) is 3.82. The number of halogens is 2. The molecule has 1 saturated heterocycles. The number of carbonyl (C=O) groups is 1. The predicted molar refractivity (Wildman–Crippen MR) is 77.8 cm³/mol. The number of nitrogens with two attached hydrogens (primary N) is 1. The van der Waals surface area contributed by atoms with E-state index in [0.29, 0.717) is 0 Å². The van der Waals surface area contributed by atoms with Gasteiger partial charge in [-0.05, 0) is 38.4 Å². The Morgan fingerprint density at radius 1 is 1.43 bits per heavy atom. The molecule has 0 saturated carbocycles. The van der Waals surface area contributed by atoms with Crippen molar-refractivity contribution in [2.45, 2.75) is 38.3 Å². The molecule has 116 valence electrons. The molecular formula is C15H21F2N3O. The van der Waals surface area contributed by atoms with E-state index < -0.39 is 11.6 Å². The monoisotopic (exact) mass is 297 g/mol. The van der Waals surface area contributed by atoms with Gasteiger partial charge in [0.05, 0.1) is 6.54 Å². The molecule has 4 nitrogen and oxygen atoms in total. The van der Waals surface area contributed by atoms with Crippen molar-refractivity contribution < 1.29 is 13.6 Å². The molecule has 1 aliphatic heterocycles. The highest BCUT2D eigenvalue weighted by Crippen LogP contribution is 2.19. The molecule has 1 heterocycles. The molecule has 3 N–H and O–H groups in total. The Hall–Kier alpha value is -1.53. The fourth-order valence-corrected chi connectivity index (χ4v) is 2.77. The van der Waals surface area contributed by atoms with E-state index in [2.05, 4.69) is 10.2 Å². The topological polar surface area (TPSA) is 58.4 Å². The summed E-state index contributed by atoms with van der Waals surface area (Å²) in [5.74, 6) is -2.14. The Kier molecular flexibility index (Phi) is 5.25. The Morgan fingerprint density at radius 3 is 2.86 bits per heavy atom. The van der Waals surface area contributed by atoms with Crippen molar-refractivity contribution in [3.63, 3.8) is 0 Å². The van der Waals surface area contributed by atoms with Crippen LogP contribution in [0.25, 0.3) is 0 Å². The zero-order chi connectivity index (χ0) is 15.4. The van der Waals surface area contributed by atoms with Gasteiger partial charge in [-0.15, -0.1) is 0 Å². The minimum absolute atomic E-state index is 0.00126. The second kappa shape index (κ2) is 6.95. The number of amides is 1. The fourth-order valence-electron chi connectivity index (χ4n) is 2.77. The maximum Gasteiger partial charge on any atom is 0.238 e. The highest BCUT2D eigenvalue weighted by molar-refractivity contribution is 5.92. The summed E-state index contributed by atoms with van der Waals surface area (Å²) in [6, 6.07) is 3.51. The number of benzene rings is 1. The second-order valence-corrected chi connectivity index (χ2v) is 5.57. The summed E-state index contributed by atoms with van der Waals surface area (Å²) in [5, 5.41) is 2.59. The lowest BCUT2D eigenvalue weighted by molar-refractivity contribution is -0.118. The van der Waals surface area contributed by atoms with Crippen LogP contribution in [0.4, 0.5) is 14.5 Å². The van der Waals surface area contributed by atoms with Gasteiger partial charge in [0, 0.05) is 23.8 Å². The molecule has 2 rings (SSSR count). The first-order chi connectivity index (χ1) is 9.97. The van der Waals surface area contributed by atoms with E-state index in [1.165, 1.54) is 6.07 Å². The first-order valence-electron chi connectivity index (χ1n) is 7.22. The summed E-state index contributed by atoms with van der Waals surface area (Å²) in [5.41, 5.74) is 6.22. The van der Waals surface area contributed by atoms with Gasteiger partial charge in [-0.25, -0.2) is 8.78 Å². The number of nitrogens with zero attached hydrogens (tertiary/aromatic N) is 1. The van der Waals surface area contributed by atoms with Crippen molar-refractivity contribution in [3.8, 4) is 0 Å². The van der Waals surface area contributed by atoms with E-state index in [1.54, 1.807) is 0 Å². The van der Waals surface area contributed by atoms with E-state index in [9.17, 15) is 13.6 Å². The summed E-state index contributed by atoms with van der Waals surface area (Å²) in [6.07, 6.45) is 3.14. The van der Waals surface area contributed by atoms with Gasteiger partial charge in [0.1, 0.15) is 0 Å².